The number of aliphatic hydroxyl groups is 1. The molecule has 0 saturated carbocycles. The molecule has 0 fully saturated rings. The number of benzene rings is 1. The van der Waals surface area contributed by atoms with Gasteiger partial charge in [0.05, 0.1) is 5.69 Å². The minimum absolute atomic E-state index is 0.215. The predicted octanol–water partition coefficient (Wildman–Crippen LogP) is 1.89. The lowest BCUT2D eigenvalue weighted by Crippen LogP contribution is -2.12. The summed E-state index contributed by atoms with van der Waals surface area (Å²) >= 11 is 0. The summed E-state index contributed by atoms with van der Waals surface area (Å²) < 4.78 is 5.04. The first-order valence-electron chi connectivity index (χ1n) is 6.06. The lowest BCUT2D eigenvalue weighted by Gasteiger charge is -2.02. The third kappa shape index (κ3) is 3.05. The fourth-order valence-electron chi connectivity index (χ4n) is 1.59. The number of carbonyl (C=O) groups is 1. The maximum Gasteiger partial charge on any atom is 0.258 e. The van der Waals surface area contributed by atoms with E-state index in [0.29, 0.717) is 17.0 Å². The number of amides is 1. The zero-order valence-electron chi connectivity index (χ0n) is 11.2. The van der Waals surface area contributed by atoms with Gasteiger partial charge in [0.15, 0.2) is 0 Å². The van der Waals surface area contributed by atoms with Crippen LogP contribution < -0.4 is 5.32 Å². The van der Waals surface area contributed by atoms with Crippen molar-refractivity contribution in [1.82, 2.24) is 5.16 Å². The average Bonchev–Trinajstić information content (AvgIpc) is 2.77. The maximum absolute atomic E-state index is 12.1. The highest BCUT2D eigenvalue weighted by Gasteiger charge is 2.13. The quantitative estimate of drug-likeness (QED) is 0.817. The molecule has 2 aromatic rings. The number of aromatic nitrogens is 1. The SMILES string of the molecule is Cc1noc(NC(=O)c2cccc(C#CCO)c2)c1C. The molecule has 2 N–H and O–H groups in total. The van der Waals surface area contributed by atoms with Crippen LogP contribution in [0, 0.1) is 25.7 Å². The number of aliphatic hydroxyl groups excluding tert-OH is 1. The lowest BCUT2D eigenvalue weighted by molar-refractivity contribution is 0.102. The largest absolute Gasteiger partial charge is 0.384 e. The van der Waals surface area contributed by atoms with E-state index < -0.39 is 0 Å². The number of aryl methyl sites for hydroxylation is 1. The van der Waals surface area contributed by atoms with Crippen molar-refractivity contribution in [3.05, 3.63) is 46.6 Å². The standard InChI is InChI=1S/C15H14N2O3/c1-10-11(2)17-20-15(10)16-14(19)13-7-3-5-12(9-13)6-4-8-18/h3,5,7,9,18H,8H2,1-2H3,(H,16,19). The smallest absolute Gasteiger partial charge is 0.258 e. The molecule has 1 aromatic carbocycles. The summed E-state index contributed by atoms with van der Waals surface area (Å²) in [5.74, 6) is 5.34. The number of hydrogen-bond donors (Lipinski definition) is 2. The second kappa shape index (κ2) is 6.04. The molecule has 0 aliphatic heterocycles. The van der Waals surface area contributed by atoms with Crippen LogP contribution in [-0.2, 0) is 0 Å². The molecule has 0 bridgehead atoms. The molecule has 102 valence electrons. The average molecular weight is 270 g/mol. The Kier molecular flexibility index (Phi) is 4.18. The van der Waals surface area contributed by atoms with Gasteiger partial charge >= 0.3 is 0 Å². The highest BCUT2D eigenvalue weighted by Crippen LogP contribution is 2.18. The molecule has 0 saturated heterocycles. The molecular formula is C15H14N2O3. The lowest BCUT2D eigenvalue weighted by atomic mass is 10.1. The molecule has 0 atom stereocenters. The summed E-state index contributed by atoms with van der Waals surface area (Å²) in [6.45, 7) is 3.41. The third-order valence-corrected chi connectivity index (χ3v) is 2.82. The molecule has 1 aromatic heterocycles. The Morgan fingerprint density at radius 1 is 1.45 bits per heavy atom. The molecule has 5 heteroatoms. The van der Waals surface area contributed by atoms with Gasteiger partial charge in [-0.05, 0) is 32.0 Å². The van der Waals surface area contributed by atoms with Gasteiger partial charge in [0, 0.05) is 16.7 Å². The molecule has 0 radical (unpaired) electrons. The van der Waals surface area contributed by atoms with Crippen LogP contribution in [-0.4, -0.2) is 22.8 Å². The number of nitrogens with one attached hydrogen (secondary N) is 1. The zero-order valence-corrected chi connectivity index (χ0v) is 11.2. The minimum Gasteiger partial charge on any atom is -0.384 e. The Balaban J connectivity index is 2.19. The van der Waals surface area contributed by atoms with Gasteiger partial charge in [-0.3, -0.25) is 10.1 Å². The summed E-state index contributed by atoms with van der Waals surface area (Å²) in [4.78, 5) is 12.1. The van der Waals surface area contributed by atoms with Gasteiger partial charge < -0.3 is 9.63 Å². The van der Waals surface area contributed by atoms with Gasteiger partial charge in [0.1, 0.15) is 6.61 Å². The van der Waals surface area contributed by atoms with Gasteiger partial charge in [0.25, 0.3) is 5.91 Å². The van der Waals surface area contributed by atoms with Crippen molar-refractivity contribution in [2.45, 2.75) is 13.8 Å². The van der Waals surface area contributed by atoms with Gasteiger partial charge in [-0.15, -0.1) is 0 Å². The summed E-state index contributed by atoms with van der Waals surface area (Å²) in [5.41, 5.74) is 2.66. The van der Waals surface area contributed by atoms with Crippen LogP contribution in [0.4, 0.5) is 5.88 Å². The minimum atomic E-state index is -0.295. The molecule has 0 unspecified atom stereocenters. The third-order valence-electron chi connectivity index (χ3n) is 2.82. The molecule has 1 heterocycles. The van der Waals surface area contributed by atoms with Crippen LogP contribution in [0.25, 0.3) is 0 Å². The summed E-state index contributed by atoms with van der Waals surface area (Å²) in [7, 11) is 0. The van der Waals surface area contributed by atoms with Crippen molar-refractivity contribution in [1.29, 1.82) is 0 Å². The summed E-state index contributed by atoms with van der Waals surface area (Å²) in [6, 6.07) is 6.83. The molecule has 2 rings (SSSR count). The van der Waals surface area contributed by atoms with Gasteiger partial charge in [0.2, 0.25) is 5.88 Å². The van der Waals surface area contributed by atoms with Crippen LogP contribution >= 0.6 is 0 Å². The van der Waals surface area contributed by atoms with Gasteiger partial charge in [-0.1, -0.05) is 23.1 Å². The van der Waals surface area contributed by atoms with Crippen LogP contribution in [0.2, 0.25) is 0 Å². The van der Waals surface area contributed by atoms with Gasteiger partial charge in [-0.2, -0.15) is 0 Å². The van der Waals surface area contributed by atoms with Crippen LogP contribution in [0.5, 0.6) is 0 Å². The van der Waals surface area contributed by atoms with E-state index in [-0.39, 0.29) is 12.5 Å². The number of rotatable bonds is 2. The van der Waals surface area contributed by atoms with E-state index in [2.05, 4.69) is 22.3 Å². The zero-order chi connectivity index (χ0) is 14.5. The Morgan fingerprint density at radius 2 is 2.25 bits per heavy atom. The van der Waals surface area contributed by atoms with Crippen molar-refractivity contribution in [2.24, 2.45) is 0 Å². The Labute approximate surface area is 116 Å². The molecule has 1 amide bonds. The van der Waals surface area contributed by atoms with E-state index >= 15 is 0 Å². The van der Waals surface area contributed by atoms with E-state index in [1.807, 2.05) is 6.92 Å². The second-order valence-corrected chi connectivity index (χ2v) is 4.22. The Hall–Kier alpha value is -2.58. The monoisotopic (exact) mass is 270 g/mol. The fraction of sp³-hybridized carbons (Fsp3) is 0.200. The first kappa shape index (κ1) is 13.8. The maximum atomic E-state index is 12.1. The first-order chi connectivity index (χ1) is 9.61. The number of carbonyl (C=O) groups excluding carboxylic acids is 1. The second-order valence-electron chi connectivity index (χ2n) is 4.22. The van der Waals surface area contributed by atoms with Crippen LogP contribution in [0.1, 0.15) is 27.2 Å². The van der Waals surface area contributed by atoms with Crippen LogP contribution in [0.3, 0.4) is 0 Å². The van der Waals surface area contributed by atoms with E-state index in [4.69, 9.17) is 9.63 Å². The van der Waals surface area contributed by atoms with Crippen molar-refractivity contribution in [3.8, 4) is 11.8 Å². The van der Waals surface area contributed by atoms with E-state index in [1.165, 1.54) is 0 Å². The predicted molar refractivity (Wildman–Crippen MR) is 74.3 cm³/mol. The van der Waals surface area contributed by atoms with E-state index in [0.717, 1.165) is 11.3 Å². The van der Waals surface area contributed by atoms with E-state index in [1.54, 1.807) is 31.2 Å². The normalized spacial score (nSPS) is 9.75. The number of anilines is 1. The van der Waals surface area contributed by atoms with Crippen molar-refractivity contribution in [3.63, 3.8) is 0 Å². The molecule has 0 aliphatic carbocycles. The molecule has 5 nitrogen and oxygen atoms in total. The fourth-order valence-corrected chi connectivity index (χ4v) is 1.59. The molecule has 0 spiro atoms. The van der Waals surface area contributed by atoms with Crippen molar-refractivity contribution in [2.75, 3.05) is 11.9 Å². The molecule has 0 aliphatic rings. The summed E-state index contributed by atoms with van der Waals surface area (Å²) in [5, 5.41) is 15.1. The van der Waals surface area contributed by atoms with Gasteiger partial charge in [-0.25, -0.2) is 0 Å². The first-order valence-corrected chi connectivity index (χ1v) is 6.06. The number of hydrogen-bond acceptors (Lipinski definition) is 4. The highest BCUT2D eigenvalue weighted by molar-refractivity contribution is 6.04. The van der Waals surface area contributed by atoms with Crippen molar-refractivity contribution >= 4 is 11.8 Å². The molecular weight excluding hydrogens is 256 g/mol. The topological polar surface area (TPSA) is 75.4 Å². The Morgan fingerprint density at radius 3 is 2.90 bits per heavy atom. The highest BCUT2D eigenvalue weighted by atomic mass is 16.5. The summed E-state index contributed by atoms with van der Waals surface area (Å²) in [6.07, 6.45) is 0. The van der Waals surface area contributed by atoms with Crippen LogP contribution in [0.15, 0.2) is 28.8 Å². The number of nitrogens with zero attached hydrogens (tertiary/aromatic N) is 1. The van der Waals surface area contributed by atoms with E-state index in [9.17, 15) is 4.79 Å². The Bertz CT molecular complexity index is 693. The van der Waals surface area contributed by atoms with Crippen molar-refractivity contribution < 1.29 is 14.4 Å². The molecule has 20 heavy (non-hydrogen) atoms.